The van der Waals surface area contributed by atoms with E-state index in [9.17, 15) is 4.79 Å². The standard InChI is InChI=1S/C20H24N2O3.ClH/c1-24-18-9-8-14(13-19(18)25-2)10-12-22-20(23)16-5-3-7-17-15(16)6-4-11-21-17;/h3,5,7-9,13,21H,4,6,10-12H2,1-2H3,(H,22,23);1H. The van der Waals surface area contributed by atoms with Crippen LogP contribution in [0.1, 0.15) is 27.9 Å². The predicted molar refractivity (Wildman–Crippen MR) is 106 cm³/mol. The first-order valence-electron chi connectivity index (χ1n) is 8.58. The first kappa shape index (κ1) is 19.9. The minimum Gasteiger partial charge on any atom is -0.493 e. The molecule has 3 rings (SSSR count). The van der Waals surface area contributed by atoms with Gasteiger partial charge in [0.1, 0.15) is 0 Å². The largest absolute Gasteiger partial charge is 0.493 e. The SMILES string of the molecule is COc1ccc(CCNC(=O)c2cccc3c2CCCN3)cc1OC.Cl. The number of hydrogen-bond acceptors (Lipinski definition) is 4. The quantitative estimate of drug-likeness (QED) is 0.810. The van der Waals surface area contributed by atoms with Gasteiger partial charge in [0.15, 0.2) is 11.5 Å². The number of carbonyl (C=O) groups is 1. The van der Waals surface area contributed by atoms with Crippen molar-refractivity contribution in [3.63, 3.8) is 0 Å². The molecule has 0 radical (unpaired) electrons. The minimum atomic E-state index is -0.0129. The molecule has 6 heteroatoms. The summed E-state index contributed by atoms with van der Waals surface area (Å²) in [5.74, 6) is 1.40. The zero-order valence-corrected chi connectivity index (χ0v) is 15.9. The van der Waals surface area contributed by atoms with Gasteiger partial charge in [-0.05, 0) is 54.7 Å². The van der Waals surface area contributed by atoms with Crippen molar-refractivity contribution < 1.29 is 14.3 Å². The second kappa shape index (κ2) is 9.34. The van der Waals surface area contributed by atoms with Crippen molar-refractivity contribution >= 4 is 24.0 Å². The van der Waals surface area contributed by atoms with E-state index in [1.54, 1.807) is 14.2 Å². The molecule has 1 aliphatic rings. The molecule has 0 aromatic heterocycles. The molecule has 1 amide bonds. The van der Waals surface area contributed by atoms with Gasteiger partial charge in [0.05, 0.1) is 14.2 Å². The van der Waals surface area contributed by atoms with Crippen molar-refractivity contribution in [3.05, 3.63) is 53.1 Å². The fraction of sp³-hybridized carbons (Fsp3) is 0.350. The number of amides is 1. The summed E-state index contributed by atoms with van der Waals surface area (Å²) >= 11 is 0. The van der Waals surface area contributed by atoms with Gasteiger partial charge in [-0.2, -0.15) is 0 Å². The summed E-state index contributed by atoms with van der Waals surface area (Å²) in [5, 5.41) is 6.38. The van der Waals surface area contributed by atoms with E-state index in [0.717, 1.165) is 48.2 Å². The smallest absolute Gasteiger partial charge is 0.251 e. The molecule has 5 nitrogen and oxygen atoms in total. The van der Waals surface area contributed by atoms with E-state index in [-0.39, 0.29) is 18.3 Å². The number of nitrogens with one attached hydrogen (secondary N) is 2. The molecule has 0 atom stereocenters. The number of hydrogen-bond donors (Lipinski definition) is 2. The average Bonchev–Trinajstić information content (AvgIpc) is 2.67. The summed E-state index contributed by atoms with van der Waals surface area (Å²) in [4.78, 5) is 12.5. The van der Waals surface area contributed by atoms with Crippen LogP contribution in [0.4, 0.5) is 5.69 Å². The second-order valence-electron chi connectivity index (χ2n) is 6.06. The van der Waals surface area contributed by atoms with Crippen molar-refractivity contribution in [1.82, 2.24) is 5.32 Å². The zero-order chi connectivity index (χ0) is 17.6. The van der Waals surface area contributed by atoms with Crippen molar-refractivity contribution in [2.24, 2.45) is 0 Å². The summed E-state index contributed by atoms with van der Waals surface area (Å²) in [6.45, 7) is 1.54. The number of methoxy groups -OCH3 is 2. The summed E-state index contributed by atoms with van der Waals surface area (Å²) in [6.07, 6.45) is 2.74. The monoisotopic (exact) mass is 376 g/mol. The summed E-state index contributed by atoms with van der Waals surface area (Å²) in [6, 6.07) is 11.7. The Kier molecular flexibility index (Phi) is 7.16. The van der Waals surface area contributed by atoms with Crippen LogP contribution in [0.2, 0.25) is 0 Å². The lowest BCUT2D eigenvalue weighted by Gasteiger charge is -2.20. The van der Waals surface area contributed by atoms with Crippen LogP contribution in [0.25, 0.3) is 0 Å². The number of anilines is 1. The van der Waals surface area contributed by atoms with Crippen molar-refractivity contribution in [3.8, 4) is 11.5 Å². The van der Waals surface area contributed by atoms with Crippen molar-refractivity contribution in [2.75, 3.05) is 32.6 Å². The molecule has 0 unspecified atom stereocenters. The van der Waals surface area contributed by atoms with E-state index in [1.807, 2.05) is 36.4 Å². The molecule has 2 N–H and O–H groups in total. The molecule has 0 bridgehead atoms. The number of rotatable bonds is 6. The molecule has 140 valence electrons. The van der Waals surface area contributed by atoms with E-state index in [0.29, 0.717) is 18.0 Å². The van der Waals surface area contributed by atoms with Gasteiger partial charge in [0.2, 0.25) is 0 Å². The van der Waals surface area contributed by atoms with Gasteiger partial charge < -0.3 is 20.1 Å². The van der Waals surface area contributed by atoms with E-state index in [1.165, 1.54) is 0 Å². The molecule has 2 aromatic rings. The highest BCUT2D eigenvalue weighted by Gasteiger charge is 2.17. The number of ether oxygens (including phenoxy) is 2. The van der Waals surface area contributed by atoms with Gasteiger partial charge >= 0.3 is 0 Å². The molecule has 1 aliphatic heterocycles. The Morgan fingerprint density at radius 1 is 1.15 bits per heavy atom. The lowest BCUT2D eigenvalue weighted by molar-refractivity contribution is 0.0953. The predicted octanol–water partition coefficient (Wildman–Crippen LogP) is 3.46. The number of fused-ring (bicyclic) bond motifs is 1. The van der Waals surface area contributed by atoms with Gasteiger partial charge in [-0.1, -0.05) is 12.1 Å². The molecule has 26 heavy (non-hydrogen) atoms. The summed E-state index contributed by atoms with van der Waals surface area (Å²) < 4.78 is 10.6. The molecule has 0 saturated heterocycles. The van der Waals surface area contributed by atoms with Crippen LogP contribution in [0.3, 0.4) is 0 Å². The van der Waals surface area contributed by atoms with Crippen LogP contribution < -0.4 is 20.1 Å². The average molecular weight is 377 g/mol. The normalized spacial score (nSPS) is 12.2. The van der Waals surface area contributed by atoms with Gasteiger partial charge in [-0.3, -0.25) is 4.79 Å². The summed E-state index contributed by atoms with van der Waals surface area (Å²) in [5.41, 5.74) is 4.07. The van der Waals surface area contributed by atoms with Gasteiger partial charge in [-0.15, -0.1) is 12.4 Å². The number of carbonyl (C=O) groups excluding carboxylic acids is 1. The topological polar surface area (TPSA) is 59.6 Å². The lowest BCUT2D eigenvalue weighted by Crippen LogP contribution is -2.27. The van der Waals surface area contributed by atoms with Crippen LogP contribution in [0.15, 0.2) is 36.4 Å². The van der Waals surface area contributed by atoms with E-state index in [4.69, 9.17) is 9.47 Å². The third-order valence-electron chi connectivity index (χ3n) is 4.49. The highest BCUT2D eigenvalue weighted by molar-refractivity contribution is 5.97. The van der Waals surface area contributed by atoms with E-state index < -0.39 is 0 Å². The van der Waals surface area contributed by atoms with Gasteiger partial charge in [-0.25, -0.2) is 0 Å². The second-order valence-corrected chi connectivity index (χ2v) is 6.06. The molecule has 0 aliphatic carbocycles. The van der Waals surface area contributed by atoms with Gasteiger partial charge in [0, 0.05) is 24.3 Å². The van der Waals surface area contributed by atoms with Crippen LogP contribution in [-0.2, 0) is 12.8 Å². The Hall–Kier alpha value is -2.40. The van der Waals surface area contributed by atoms with E-state index in [2.05, 4.69) is 10.6 Å². The fourth-order valence-corrected chi connectivity index (χ4v) is 3.17. The Morgan fingerprint density at radius 2 is 1.96 bits per heavy atom. The summed E-state index contributed by atoms with van der Waals surface area (Å²) in [7, 11) is 3.24. The van der Waals surface area contributed by atoms with Crippen molar-refractivity contribution in [1.29, 1.82) is 0 Å². The maximum atomic E-state index is 12.5. The first-order chi connectivity index (χ1) is 12.2. The van der Waals surface area contributed by atoms with Crippen LogP contribution in [0, 0.1) is 0 Å². The fourth-order valence-electron chi connectivity index (χ4n) is 3.17. The van der Waals surface area contributed by atoms with Crippen LogP contribution in [-0.4, -0.2) is 33.2 Å². The third-order valence-corrected chi connectivity index (χ3v) is 4.49. The molecule has 0 fully saturated rings. The molecule has 2 aromatic carbocycles. The first-order valence-corrected chi connectivity index (χ1v) is 8.58. The molecule has 0 spiro atoms. The maximum Gasteiger partial charge on any atom is 0.251 e. The molecule has 0 saturated carbocycles. The van der Waals surface area contributed by atoms with Crippen molar-refractivity contribution in [2.45, 2.75) is 19.3 Å². The van der Waals surface area contributed by atoms with E-state index >= 15 is 0 Å². The van der Waals surface area contributed by atoms with Crippen LogP contribution in [0.5, 0.6) is 11.5 Å². The highest BCUT2D eigenvalue weighted by atomic mass is 35.5. The number of benzene rings is 2. The Bertz CT molecular complexity index is 765. The number of halogens is 1. The molecular weight excluding hydrogens is 352 g/mol. The Labute approximate surface area is 160 Å². The Balaban J connectivity index is 0.00000243. The lowest BCUT2D eigenvalue weighted by atomic mass is 9.97. The Morgan fingerprint density at radius 3 is 2.73 bits per heavy atom. The maximum absolute atomic E-state index is 12.5. The molecule has 1 heterocycles. The molecular formula is C20H25ClN2O3. The minimum absolute atomic E-state index is 0. The third kappa shape index (κ3) is 4.41. The van der Waals surface area contributed by atoms with Gasteiger partial charge in [0.25, 0.3) is 5.91 Å². The van der Waals surface area contributed by atoms with Crippen LogP contribution >= 0.6 is 12.4 Å². The highest BCUT2D eigenvalue weighted by Crippen LogP contribution is 2.28. The zero-order valence-electron chi connectivity index (χ0n) is 15.1.